The molecule has 0 bridgehead atoms. The minimum absolute atomic E-state index is 0. The van der Waals surface area contributed by atoms with Gasteiger partial charge in [-0.25, -0.2) is 0 Å². The van der Waals surface area contributed by atoms with Crippen molar-refractivity contribution in [3.05, 3.63) is 28.8 Å². The largest absolute Gasteiger partial charge is 0.326 e. The highest BCUT2D eigenvalue weighted by Crippen LogP contribution is 2.22. The first-order chi connectivity index (χ1) is 6.81. The molecule has 2 aromatic rings. The van der Waals surface area contributed by atoms with Crippen molar-refractivity contribution in [2.24, 2.45) is 5.73 Å². The minimum atomic E-state index is 0. The van der Waals surface area contributed by atoms with Gasteiger partial charge in [0.15, 0.2) is 0 Å². The van der Waals surface area contributed by atoms with Crippen LogP contribution in [0.3, 0.4) is 0 Å². The van der Waals surface area contributed by atoms with E-state index in [2.05, 4.69) is 20.6 Å². The van der Waals surface area contributed by atoms with Crippen LogP contribution in [0.15, 0.2) is 18.2 Å². The molecule has 1 heterocycles. The number of nitrogens with one attached hydrogen (secondary N) is 1. The molecule has 5 nitrogen and oxygen atoms in total. The van der Waals surface area contributed by atoms with Gasteiger partial charge in [-0.05, 0) is 29.0 Å². The van der Waals surface area contributed by atoms with Crippen molar-refractivity contribution in [3.63, 3.8) is 0 Å². The molecule has 0 atom stereocenters. The first kappa shape index (κ1) is 11.9. The maximum Gasteiger partial charge on any atom is 0.204 e. The first-order valence-corrected chi connectivity index (χ1v) is 4.41. The normalized spacial score (nSPS) is 9.73. The van der Waals surface area contributed by atoms with Crippen molar-refractivity contribution in [2.75, 3.05) is 0 Å². The zero-order valence-electron chi connectivity index (χ0n) is 7.64. The Bertz CT molecular complexity index is 429. The summed E-state index contributed by atoms with van der Waals surface area (Å²) in [4.78, 5) is 0. The molecule has 7 heteroatoms. The topological polar surface area (TPSA) is 80.5 Å². The second-order valence-corrected chi connectivity index (χ2v) is 3.18. The number of benzene rings is 1. The molecule has 0 saturated carbocycles. The lowest BCUT2D eigenvalue weighted by Gasteiger charge is -2.03. The smallest absolute Gasteiger partial charge is 0.204 e. The fourth-order valence-electron chi connectivity index (χ4n) is 1.23. The number of nitrogens with two attached hydrogens (primary N) is 1. The molecular weight excluding hydrogens is 237 g/mol. The molecule has 0 saturated heterocycles. The Morgan fingerprint density at radius 3 is 2.80 bits per heavy atom. The number of tetrazole rings is 1. The maximum atomic E-state index is 5.84. The number of H-pyrrole nitrogens is 1. The fourth-order valence-corrected chi connectivity index (χ4v) is 1.42. The molecular formula is C8H9Cl2N5. The summed E-state index contributed by atoms with van der Waals surface area (Å²) in [6.07, 6.45) is 0. The van der Waals surface area contributed by atoms with Crippen LogP contribution in [0.5, 0.6) is 0 Å². The van der Waals surface area contributed by atoms with E-state index in [4.69, 9.17) is 17.3 Å². The van der Waals surface area contributed by atoms with Gasteiger partial charge in [0.2, 0.25) is 5.82 Å². The molecule has 15 heavy (non-hydrogen) atoms. The van der Waals surface area contributed by atoms with Crippen LogP contribution in [0, 0.1) is 0 Å². The van der Waals surface area contributed by atoms with Gasteiger partial charge in [0.05, 0.1) is 0 Å². The van der Waals surface area contributed by atoms with Crippen molar-refractivity contribution in [1.29, 1.82) is 0 Å². The van der Waals surface area contributed by atoms with Gasteiger partial charge in [0, 0.05) is 17.1 Å². The third kappa shape index (κ3) is 2.44. The highest BCUT2D eigenvalue weighted by Gasteiger charge is 2.08. The van der Waals surface area contributed by atoms with Gasteiger partial charge in [-0.1, -0.05) is 11.6 Å². The van der Waals surface area contributed by atoms with Crippen LogP contribution < -0.4 is 5.73 Å². The van der Waals surface area contributed by atoms with Gasteiger partial charge < -0.3 is 5.73 Å². The van der Waals surface area contributed by atoms with E-state index in [0.29, 0.717) is 17.4 Å². The lowest BCUT2D eigenvalue weighted by atomic mass is 10.1. The van der Waals surface area contributed by atoms with Gasteiger partial charge in [0.1, 0.15) is 0 Å². The Morgan fingerprint density at radius 1 is 1.40 bits per heavy atom. The number of rotatable bonds is 2. The van der Waals surface area contributed by atoms with Crippen molar-refractivity contribution >= 4 is 24.0 Å². The number of aromatic amines is 1. The van der Waals surface area contributed by atoms with E-state index in [9.17, 15) is 0 Å². The lowest BCUT2D eigenvalue weighted by molar-refractivity contribution is 0.881. The molecule has 1 aromatic carbocycles. The quantitative estimate of drug-likeness (QED) is 0.839. The molecule has 0 unspecified atom stereocenters. The van der Waals surface area contributed by atoms with Crippen LogP contribution in [0.4, 0.5) is 0 Å². The zero-order valence-corrected chi connectivity index (χ0v) is 9.22. The Kier molecular flexibility index (Phi) is 4.02. The Morgan fingerprint density at radius 2 is 2.20 bits per heavy atom. The van der Waals surface area contributed by atoms with E-state index in [1.165, 1.54) is 0 Å². The van der Waals surface area contributed by atoms with Gasteiger partial charge >= 0.3 is 0 Å². The summed E-state index contributed by atoms with van der Waals surface area (Å²) < 4.78 is 0. The molecule has 0 aliphatic heterocycles. The fraction of sp³-hybridized carbons (Fsp3) is 0.125. The predicted octanol–water partition coefficient (Wildman–Crippen LogP) is 1.40. The summed E-state index contributed by atoms with van der Waals surface area (Å²) in [6, 6.07) is 5.40. The van der Waals surface area contributed by atoms with Gasteiger partial charge in [-0.3, -0.25) is 0 Å². The van der Waals surface area contributed by atoms with Crippen LogP contribution >= 0.6 is 24.0 Å². The summed E-state index contributed by atoms with van der Waals surface area (Å²) >= 11 is 5.84. The second-order valence-electron chi connectivity index (χ2n) is 2.74. The second kappa shape index (κ2) is 5.06. The summed E-state index contributed by atoms with van der Waals surface area (Å²) in [5, 5.41) is 14.3. The van der Waals surface area contributed by atoms with Crippen LogP contribution in [0.25, 0.3) is 11.4 Å². The number of halogens is 2. The molecule has 0 amide bonds. The van der Waals surface area contributed by atoms with Crippen molar-refractivity contribution < 1.29 is 0 Å². The molecule has 3 N–H and O–H groups in total. The van der Waals surface area contributed by atoms with Crippen LogP contribution in [-0.2, 0) is 6.54 Å². The minimum Gasteiger partial charge on any atom is -0.326 e. The molecule has 2 rings (SSSR count). The van der Waals surface area contributed by atoms with E-state index in [0.717, 1.165) is 11.1 Å². The van der Waals surface area contributed by atoms with Crippen molar-refractivity contribution in [2.45, 2.75) is 6.54 Å². The van der Waals surface area contributed by atoms with Gasteiger partial charge in [-0.2, -0.15) is 5.21 Å². The molecule has 1 aromatic heterocycles. The van der Waals surface area contributed by atoms with Crippen LogP contribution in [-0.4, -0.2) is 20.6 Å². The van der Waals surface area contributed by atoms with E-state index < -0.39 is 0 Å². The third-order valence-corrected chi connectivity index (χ3v) is 2.11. The highest BCUT2D eigenvalue weighted by molar-refractivity contribution is 6.30. The van der Waals surface area contributed by atoms with E-state index >= 15 is 0 Å². The number of aromatic nitrogens is 4. The summed E-state index contributed by atoms with van der Waals surface area (Å²) in [5.41, 5.74) is 7.34. The molecule has 0 radical (unpaired) electrons. The summed E-state index contributed by atoms with van der Waals surface area (Å²) in [7, 11) is 0. The maximum absolute atomic E-state index is 5.84. The number of nitrogens with zero attached hydrogens (tertiary/aromatic N) is 3. The average molecular weight is 246 g/mol. The van der Waals surface area contributed by atoms with Gasteiger partial charge in [0.25, 0.3) is 0 Å². The van der Waals surface area contributed by atoms with Crippen molar-refractivity contribution in [3.8, 4) is 11.4 Å². The van der Waals surface area contributed by atoms with Crippen molar-refractivity contribution in [1.82, 2.24) is 20.6 Å². The predicted molar refractivity (Wildman–Crippen MR) is 59.8 cm³/mol. The third-order valence-electron chi connectivity index (χ3n) is 1.87. The SMILES string of the molecule is Cl.NCc1cc(Cl)ccc1-c1nn[nH]n1. The van der Waals surface area contributed by atoms with E-state index in [-0.39, 0.29) is 12.4 Å². The Hall–Kier alpha value is -1.17. The van der Waals surface area contributed by atoms with Crippen LogP contribution in [0.2, 0.25) is 5.02 Å². The first-order valence-electron chi connectivity index (χ1n) is 4.03. The average Bonchev–Trinajstić information content (AvgIpc) is 2.70. The van der Waals surface area contributed by atoms with Gasteiger partial charge in [-0.15, -0.1) is 22.6 Å². The van der Waals surface area contributed by atoms with E-state index in [1.54, 1.807) is 12.1 Å². The molecule has 80 valence electrons. The van der Waals surface area contributed by atoms with Crippen LogP contribution in [0.1, 0.15) is 5.56 Å². The molecule has 0 fully saturated rings. The Balaban J connectivity index is 0.00000112. The monoisotopic (exact) mass is 245 g/mol. The summed E-state index contributed by atoms with van der Waals surface area (Å²) in [6.45, 7) is 0.393. The summed E-state index contributed by atoms with van der Waals surface area (Å²) in [5.74, 6) is 0.530. The molecule has 0 aliphatic carbocycles. The Labute approximate surface area is 97.4 Å². The lowest BCUT2D eigenvalue weighted by Crippen LogP contribution is -1.99. The zero-order chi connectivity index (χ0) is 9.97. The highest BCUT2D eigenvalue weighted by atomic mass is 35.5. The molecule has 0 spiro atoms. The number of hydrogen-bond donors (Lipinski definition) is 2. The standard InChI is InChI=1S/C8H8ClN5.ClH/c9-6-1-2-7(5(3-6)4-10)8-11-13-14-12-8;/h1-3H,4,10H2,(H,11,12,13,14);1H. The van der Waals surface area contributed by atoms with E-state index in [1.807, 2.05) is 6.07 Å². The number of hydrogen-bond acceptors (Lipinski definition) is 4. The molecule has 0 aliphatic rings.